The Balaban J connectivity index is 1.99. The van der Waals surface area contributed by atoms with Gasteiger partial charge in [0.25, 0.3) is 0 Å². The molecule has 0 saturated carbocycles. The van der Waals surface area contributed by atoms with Crippen molar-refractivity contribution in [2.75, 3.05) is 18.5 Å². The zero-order valence-electron chi connectivity index (χ0n) is 14.0. The van der Waals surface area contributed by atoms with Crippen molar-refractivity contribution in [3.8, 4) is 11.5 Å². The van der Waals surface area contributed by atoms with E-state index in [0.29, 0.717) is 17.9 Å². The summed E-state index contributed by atoms with van der Waals surface area (Å²) in [6.07, 6.45) is 2.32. The molecule has 0 unspecified atom stereocenters. The minimum absolute atomic E-state index is 0.0175. The molecule has 0 aliphatic rings. The van der Waals surface area contributed by atoms with Crippen LogP contribution in [0.5, 0.6) is 11.5 Å². The Labute approximate surface area is 142 Å². The first-order valence-electron chi connectivity index (χ1n) is 7.98. The molecule has 0 aliphatic carbocycles. The van der Waals surface area contributed by atoms with Gasteiger partial charge in [0.05, 0.1) is 6.61 Å². The van der Waals surface area contributed by atoms with E-state index in [4.69, 9.17) is 4.74 Å². The second-order valence-electron chi connectivity index (χ2n) is 5.16. The summed E-state index contributed by atoms with van der Waals surface area (Å²) in [5, 5.41) is 12.9. The molecule has 2 aromatic carbocycles. The lowest BCUT2D eigenvalue weighted by atomic mass is 10.1. The summed E-state index contributed by atoms with van der Waals surface area (Å²) in [5.74, 6) is 0.232. The number of benzene rings is 2. The lowest BCUT2D eigenvalue weighted by molar-refractivity contribution is -0.114. The van der Waals surface area contributed by atoms with Gasteiger partial charge in [0, 0.05) is 17.5 Å². The highest BCUT2D eigenvalue weighted by Gasteiger charge is 2.07. The minimum atomic E-state index is -0.201. The van der Waals surface area contributed by atoms with Gasteiger partial charge in [0.15, 0.2) is 11.5 Å². The van der Waals surface area contributed by atoms with Crippen LogP contribution >= 0.6 is 0 Å². The number of carbonyl (C=O) groups is 1. The van der Waals surface area contributed by atoms with Crippen LogP contribution in [0, 0.1) is 0 Å². The first kappa shape index (κ1) is 17.5. The number of anilines is 1. The van der Waals surface area contributed by atoms with Gasteiger partial charge in [0.2, 0.25) is 5.91 Å². The molecule has 5 nitrogen and oxygen atoms in total. The highest BCUT2D eigenvalue weighted by atomic mass is 16.5. The predicted octanol–water partition coefficient (Wildman–Crippen LogP) is 3.41. The van der Waals surface area contributed by atoms with E-state index in [1.54, 1.807) is 18.2 Å². The number of carbonyl (C=O) groups excluding carboxylic acids is 1. The number of aliphatic imine (C=N–C) groups is 1. The van der Waals surface area contributed by atoms with Crippen LogP contribution < -0.4 is 10.1 Å². The minimum Gasteiger partial charge on any atom is -0.504 e. The molecular weight excluding hydrogens is 304 g/mol. The number of aromatic hydroxyl groups is 1. The Bertz CT molecular complexity index is 726. The fraction of sp³-hybridized carbons (Fsp3) is 0.263. The topological polar surface area (TPSA) is 70.9 Å². The Morgan fingerprint density at radius 3 is 2.75 bits per heavy atom. The molecule has 24 heavy (non-hydrogen) atoms. The van der Waals surface area contributed by atoms with Crippen molar-refractivity contribution in [2.24, 2.45) is 4.99 Å². The molecule has 0 aromatic heterocycles. The van der Waals surface area contributed by atoms with Crippen molar-refractivity contribution in [2.45, 2.75) is 20.3 Å². The Hall–Kier alpha value is -2.82. The van der Waals surface area contributed by atoms with Gasteiger partial charge in [-0.2, -0.15) is 0 Å². The molecule has 0 aliphatic heterocycles. The Kier molecular flexibility index (Phi) is 6.37. The fourth-order valence-corrected chi connectivity index (χ4v) is 2.28. The Morgan fingerprint density at radius 1 is 1.21 bits per heavy atom. The van der Waals surface area contributed by atoms with Gasteiger partial charge in [-0.25, -0.2) is 0 Å². The number of amides is 1. The second kappa shape index (κ2) is 8.72. The van der Waals surface area contributed by atoms with Crippen molar-refractivity contribution >= 4 is 17.8 Å². The van der Waals surface area contributed by atoms with E-state index in [9.17, 15) is 9.90 Å². The van der Waals surface area contributed by atoms with Crippen LogP contribution in [0.15, 0.2) is 47.5 Å². The van der Waals surface area contributed by atoms with Crippen LogP contribution in [0.4, 0.5) is 5.69 Å². The molecule has 0 radical (unpaired) electrons. The first-order chi connectivity index (χ1) is 11.7. The maximum Gasteiger partial charge on any atom is 0.246 e. The number of hydrogen-bond acceptors (Lipinski definition) is 4. The van der Waals surface area contributed by atoms with Crippen LogP contribution in [0.25, 0.3) is 0 Å². The predicted molar refractivity (Wildman–Crippen MR) is 96.2 cm³/mol. The van der Waals surface area contributed by atoms with E-state index < -0.39 is 0 Å². The summed E-state index contributed by atoms with van der Waals surface area (Å²) in [7, 11) is 0. The summed E-state index contributed by atoms with van der Waals surface area (Å²) in [5.41, 5.74) is 2.40. The van der Waals surface area contributed by atoms with Crippen LogP contribution in [-0.4, -0.2) is 30.4 Å². The third-order valence-corrected chi connectivity index (χ3v) is 3.47. The van der Waals surface area contributed by atoms with Crippen LogP contribution in [0.2, 0.25) is 0 Å². The second-order valence-corrected chi connectivity index (χ2v) is 5.16. The molecule has 0 spiro atoms. The van der Waals surface area contributed by atoms with Gasteiger partial charge in [-0.05, 0) is 37.1 Å². The summed E-state index contributed by atoms with van der Waals surface area (Å²) < 4.78 is 5.32. The number of para-hydroxylation sites is 2. The average molecular weight is 326 g/mol. The zero-order chi connectivity index (χ0) is 17.4. The average Bonchev–Trinajstić information content (AvgIpc) is 2.59. The fourth-order valence-electron chi connectivity index (χ4n) is 2.28. The van der Waals surface area contributed by atoms with Crippen molar-refractivity contribution in [3.05, 3.63) is 53.6 Å². The monoisotopic (exact) mass is 326 g/mol. The van der Waals surface area contributed by atoms with E-state index >= 15 is 0 Å². The largest absolute Gasteiger partial charge is 0.504 e. The van der Waals surface area contributed by atoms with Crippen LogP contribution in [-0.2, 0) is 11.2 Å². The number of phenolic OH excluding ortho intramolecular Hbond substituents is 1. The normalized spacial score (nSPS) is 10.8. The van der Waals surface area contributed by atoms with Gasteiger partial charge in [-0.1, -0.05) is 31.2 Å². The molecule has 0 saturated heterocycles. The van der Waals surface area contributed by atoms with E-state index in [-0.39, 0.29) is 18.2 Å². The van der Waals surface area contributed by atoms with Crippen LogP contribution in [0.3, 0.4) is 0 Å². The molecule has 0 fully saturated rings. The van der Waals surface area contributed by atoms with Crippen molar-refractivity contribution < 1.29 is 14.6 Å². The molecule has 2 aromatic rings. The van der Waals surface area contributed by atoms with Crippen molar-refractivity contribution in [3.63, 3.8) is 0 Å². The number of nitrogens with one attached hydrogen (secondary N) is 1. The number of aryl methyl sites for hydroxylation is 1. The molecule has 1 amide bonds. The molecule has 0 bridgehead atoms. The third-order valence-electron chi connectivity index (χ3n) is 3.47. The smallest absolute Gasteiger partial charge is 0.246 e. The molecule has 126 valence electrons. The van der Waals surface area contributed by atoms with E-state index in [1.165, 1.54) is 6.21 Å². The SMILES string of the molecule is CCOc1cccc(C=NCC(=O)Nc2ccccc2CC)c1O. The summed E-state index contributed by atoms with van der Waals surface area (Å²) >= 11 is 0. The molecule has 0 heterocycles. The van der Waals surface area contributed by atoms with E-state index in [1.807, 2.05) is 38.1 Å². The van der Waals surface area contributed by atoms with Gasteiger partial charge in [0.1, 0.15) is 6.54 Å². The standard InChI is InChI=1S/C19H22N2O3/c1-3-14-8-5-6-10-16(14)21-18(22)13-20-12-15-9-7-11-17(19(15)23)24-4-2/h5-12,23H,3-4,13H2,1-2H3,(H,21,22). The van der Waals surface area contributed by atoms with Crippen molar-refractivity contribution in [1.29, 1.82) is 0 Å². The Morgan fingerprint density at radius 2 is 2.00 bits per heavy atom. The van der Waals surface area contributed by atoms with Gasteiger partial charge >= 0.3 is 0 Å². The highest BCUT2D eigenvalue weighted by Crippen LogP contribution is 2.28. The maximum atomic E-state index is 12.0. The molecule has 5 heteroatoms. The maximum absolute atomic E-state index is 12.0. The first-order valence-corrected chi connectivity index (χ1v) is 7.98. The van der Waals surface area contributed by atoms with E-state index in [0.717, 1.165) is 17.7 Å². The molecule has 0 atom stereocenters. The van der Waals surface area contributed by atoms with E-state index in [2.05, 4.69) is 10.3 Å². The number of nitrogens with zero attached hydrogens (tertiary/aromatic N) is 1. The van der Waals surface area contributed by atoms with Crippen molar-refractivity contribution in [1.82, 2.24) is 0 Å². The quantitative estimate of drug-likeness (QED) is 0.766. The summed E-state index contributed by atoms with van der Waals surface area (Å²) in [6.45, 7) is 4.33. The van der Waals surface area contributed by atoms with Gasteiger partial charge in [-0.3, -0.25) is 9.79 Å². The number of hydrogen-bond donors (Lipinski definition) is 2. The molecule has 2 rings (SSSR count). The molecular formula is C19H22N2O3. The lowest BCUT2D eigenvalue weighted by Gasteiger charge is -2.08. The highest BCUT2D eigenvalue weighted by molar-refractivity contribution is 5.94. The lowest BCUT2D eigenvalue weighted by Crippen LogP contribution is -2.16. The number of ether oxygens (including phenoxy) is 1. The van der Waals surface area contributed by atoms with Gasteiger partial charge in [-0.15, -0.1) is 0 Å². The zero-order valence-corrected chi connectivity index (χ0v) is 14.0. The van der Waals surface area contributed by atoms with Crippen LogP contribution in [0.1, 0.15) is 25.0 Å². The summed E-state index contributed by atoms with van der Waals surface area (Å²) in [4.78, 5) is 16.1. The number of phenols is 1. The van der Waals surface area contributed by atoms with Gasteiger partial charge < -0.3 is 15.2 Å². The third kappa shape index (κ3) is 4.59. The summed E-state index contributed by atoms with van der Waals surface area (Å²) in [6, 6.07) is 12.9. The molecule has 2 N–H and O–H groups in total. The number of rotatable bonds is 7.